The molecular weight excluding hydrogens is 366 g/mol. The summed E-state index contributed by atoms with van der Waals surface area (Å²) in [5.74, 6) is 1.65. The summed E-state index contributed by atoms with van der Waals surface area (Å²) in [5, 5.41) is 3.98. The maximum Gasteiger partial charge on any atom is 0.144 e. The molecule has 0 aliphatic heterocycles. The van der Waals surface area contributed by atoms with Crippen molar-refractivity contribution in [3.05, 3.63) is 45.3 Å². The second-order valence-electron chi connectivity index (χ2n) is 4.92. The van der Waals surface area contributed by atoms with E-state index in [-0.39, 0.29) is 0 Å². The van der Waals surface area contributed by atoms with Gasteiger partial charge in [-0.1, -0.05) is 24.9 Å². The summed E-state index contributed by atoms with van der Waals surface area (Å²) in [7, 11) is 0. The first-order valence-electron chi connectivity index (χ1n) is 7.24. The minimum absolute atomic E-state index is 0.544. The van der Waals surface area contributed by atoms with Crippen LogP contribution in [0.3, 0.4) is 0 Å². The summed E-state index contributed by atoms with van der Waals surface area (Å²) in [4.78, 5) is 8.54. The van der Waals surface area contributed by atoms with Gasteiger partial charge in [-0.15, -0.1) is 0 Å². The topological polar surface area (TPSA) is 47.0 Å². The number of hydrogen-bond acceptors (Lipinski definition) is 4. The lowest BCUT2D eigenvalue weighted by Gasteiger charge is -2.12. The average Bonchev–Trinajstić information content (AvgIpc) is 2.49. The van der Waals surface area contributed by atoms with E-state index >= 15 is 0 Å². The predicted molar refractivity (Wildman–Crippen MR) is 93.9 cm³/mol. The van der Waals surface area contributed by atoms with Gasteiger partial charge < -0.3 is 10.1 Å². The van der Waals surface area contributed by atoms with Crippen LogP contribution in [0.25, 0.3) is 0 Å². The fraction of sp³-hybridized carbons (Fsp3) is 0.375. The molecule has 118 valence electrons. The van der Waals surface area contributed by atoms with E-state index in [1.54, 1.807) is 6.33 Å². The quantitative estimate of drug-likeness (QED) is 0.706. The van der Waals surface area contributed by atoms with Crippen molar-refractivity contribution in [3.8, 4) is 5.75 Å². The van der Waals surface area contributed by atoms with Gasteiger partial charge >= 0.3 is 0 Å². The minimum atomic E-state index is 0.544. The zero-order chi connectivity index (χ0) is 15.9. The van der Waals surface area contributed by atoms with Crippen molar-refractivity contribution < 1.29 is 4.74 Å². The fourth-order valence-electron chi connectivity index (χ4n) is 2.05. The zero-order valence-corrected chi connectivity index (χ0v) is 15.0. The standard InChI is InChI=1S/C16H19BrClN3O/c1-3-4-13-15(17)16(21-10-20-13)19-7-8-22-14-6-5-12(18)9-11(14)2/h5-6,9-10H,3-4,7-8H2,1-2H3,(H,19,20,21). The highest BCUT2D eigenvalue weighted by molar-refractivity contribution is 9.10. The van der Waals surface area contributed by atoms with Gasteiger partial charge in [0, 0.05) is 5.02 Å². The molecule has 0 bridgehead atoms. The van der Waals surface area contributed by atoms with Crippen LogP contribution in [0.15, 0.2) is 29.0 Å². The Kier molecular flexibility index (Phi) is 6.46. The number of halogens is 2. The van der Waals surface area contributed by atoms with Crippen molar-refractivity contribution in [3.63, 3.8) is 0 Å². The molecule has 0 aliphatic carbocycles. The predicted octanol–water partition coefficient (Wildman–Crippen LogP) is 4.64. The molecule has 1 aromatic heterocycles. The molecule has 0 aliphatic rings. The molecule has 0 fully saturated rings. The molecule has 0 spiro atoms. The molecule has 2 aromatic rings. The number of anilines is 1. The Labute approximate surface area is 144 Å². The number of benzene rings is 1. The van der Waals surface area contributed by atoms with Crippen LogP contribution in [-0.4, -0.2) is 23.1 Å². The normalized spacial score (nSPS) is 10.5. The Morgan fingerprint density at radius 1 is 1.32 bits per heavy atom. The van der Waals surface area contributed by atoms with Gasteiger partial charge in [-0.2, -0.15) is 0 Å². The third kappa shape index (κ3) is 4.58. The van der Waals surface area contributed by atoms with E-state index in [1.807, 2.05) is 25.1 Å². The lowest BCUT2D eigenvalue weighted by molar-refractivity contribution is 0.330. The molecule has 0 radical (unpaired) electrons. The Hall–Kier alpha value is -1.33. The Morgan fingerprint density at radius 2 is 2.14 bits per heavy atom. The number of ether oxygens (including phenoxy) is 1. The monoisotopic (exact) mass is 383 g/mol. The second-order valence-corrected chi connectivity index (χ2v) is 6.15. The Balaban J connectivity index is 1.87. The maximum absolute atomic E-state index is 5.93. The van der Waals surface area contributed by atoms with E-state index in [9.17, 15) is 0 Å². The van der Waals surface area contributed by atoms with Gasteiger partial charge in [0.05, 0.1) is 16.7 Å². The van der Waals surface area contributed by atoms with E-state index in [4.69, 9.17) is 16.3 Å². The molecule has 6 heteroatoms. The lowest BCUT2D eigenvalue weighted by atomic mass is 10.2. The van der Waals surface area contributed by atoms with Crippen molar-refractivity contribution in [2.45, 2.75) is 26.7 Å². The average molecular weight is 385 g/mol. The molecule has 22 heavy (non-hydrogen) atoms. The van der Waals surface area contributed by atoms with Gasteiger partial charge in [-0.05, 0) is 53.0 Å². The van der Waals surface area contributed by atoms with Crippen molar-refractivity contribution in [1.29, 1.82) is 0 Å². The maximum atomic E-state index is 5.93. The molecule has 0 amide bonds. The summed E-state index contributed by atoms with van der Waals surface area (Å²) in [6, 6.07) is 5.61. The van der Waals surface area contributed by atoms with Crippen molar-refractivity contribution in [2.24, 2.45) is 0 Å². The molecule has 0 atom stereocenters. The van der Waals surface area contributed by atoms with Gasteiger partial charge in [0.25, 0.3) is 0 Å². The van der Waals surface area contributed by atoms with E-state index in [0.717, 1.165) is 45.2 Å². The van der Waals surface area contributed by atoms with Gasteiger partial charge in [0.1, 0.15) is 24.5 Å². The first kappa shape index (κ1) is 17.0. The molecule has 1 N–H and O–H groups in total. The van der Waals surface area contributed by atoms with Crippen LogP contribution in [0.4, 0.5) is 5.82 Å². The highest BCUT2D eigenvalue weighted by atomic mass is 79.9. The molecule has 2 rings (SSSR count). The highest BCUT2D eigenvalue weighted by Crippen LogP contribution is 2.24. The van der Waals surface area contributed by atoms with E-state index in [2.05, 4.69) is 38.1 Å². The molecule has 1 aromatic carbocycles. The third-order valence-electron chi connectivity index (χ3n) is 3.14. The number of rotatable bonds is 7. The summed E-state index contributed by atoms with van der Waals surface area (Å²) < 4.78 is 6.68. The molecule has 0 saturated carbocycles. The number of hydrogen-bond donors (Lipinski definition) is 1. The largest absolute Gasteiger partial charge is 0.491 e. The van der Waals surface area contributed by atoms with Crippen LogP contribution in [0.5, 0.6) is 5.75 Å². The highest BCUT2D eigenvalue weighted by Gasteiger charge is 2.07. The number of nitrogens with zero attached hydrogens (tertiary/aromatic N) is 2. The number of aromatic nitrogens is 2. The number of nitrogens with one attached hydrogen (secondary N) is 1. The SMILES string of the molecule is CCCc1ncnc(NCCOc2ccc(Cl)cc2C)c1Br. The first-order valence-corrected chi connectivity index (χ1v) is 8.41. The van der Waals surface area contributed by atoms with Crippen LogP contribution < -0.4 is 10.1 Å². The lowest BCUT2D eigenvalue weighted by Crippen LogP contribution is -2.13. The molecule has 0 saturated heterocycles. The van der Waals surface area contributed by atoms with E-state index < -0.39 is 0 Å². The van der Waals surface area contributed by atoms with Crippen LogP contribution in [0, 0.1) is 6.92 Å². The smallest absolute Gasteiger partial charge is 0.144 e. The zero-order valence-electron chi connectivity index (χ0n) is 12.7. The summed E-state index contributed by atoms with van der Waals surface area (Å²) >= 11 is 9.48. The van der Waals surface area contributed by atoms with E-state index in [1.165, 1.54) is 0 Å². The third-order valence-corrected chi connectivity index (χ3v) is 4.21. The molecule has 0 unspecified atom stereocenters. The van der Waals surface area contributed by atoms with E-state index in [0.29, 0.717) is 13.2 Å². The molecule has 1 heterocycles. The van der Waals surface area contributed by atoms with Crippen molar-refractivity contribution in [2.75, 3.05) is 18.5 Å². The summed E-state index contributed by atoms with van der Waals surface area (Å²) in [6.45, 7) is 5.31. The van der Waals surface area contributed by atoms with Crippen molar-refractivity contribution in [1.82, 2.24) is 9.97 Å². The van der Waals surface area contributed by atoms with Gasteiger partial charge in [0.15, 0.2) is 0 Å². The Bertz CT molecular complexity index is 637. The van der Waals surface area contributed by atoms with Gasteiger partial charge in [-0.25, -0.2) is 9.97 Å². The Morgan fingerprint density at radius 3 is 2.86 bits per heavy atom. The van der Waals surface area contributed by atoms with Crippen LogP contribution in [0.2, 0.25) is 5.02 Å². The second kappa shape index (κ2) is 8.34. The van der Waals surface area contributed by atoms with Crippen LogP contribution >= 0.6 is 27.5 Å². The van der Waals surface area contributed by atoms with Gasteiger partial charge in [-0.3, -0.25) is 0 Å². The van der Waals surface area contributed by atoms with Crippen molar-refractivity contribution >= 4 is 33.3 Å². The number of aryl methyl sites for hydroxylation is 2. The van der Waals surface area contributed by atoms with Gasteiger partial charge in [0.2, 0.25) is 0 Å². The molecule has 4 nitrogen and oxygen atoms in total. The minimum Gasteiger partial charge on any atom is -0.491 e. The van der Waals surface area contributed by atoms with Crippen LogP contribution in [-0.2, 0) is 6.42 Å². The first-order chi connectivity index (χ1) is 10.6. The summed E-state index contributed by atoms with van der Waals surface area (Å²) in [5.41, 5.74) is 2.05. The van der Waals surface area contributed by atoms with Crippen LogP contribution in [0.1, 0.15) is 24.6 Å². The molecular formula is C16H19BrClN3O. The summed E-state index contributed by atoms with van der Waals surface area (Å²) in [6.07, 6.45) is 3.56. The fourth-order valence-corrected chi connectivity index (χ4v) is 2.82.